The maximum Gasteiger partial charge on any atom is 0.147 e. The van der Waals surface area contributed by atoms with Crippen molar-refractivity contribution in [1.29, 1.82) is 0 Å². The fraction of sp³-hybridized carbons (Fsp3) is 0.579. The zero-order valence-electron chi connectivity index (χ0n) is 15.0. The van der Waals surface area contributed by atoms with Crippen LogP contribution in [0.15, 0.2) is 24.3 Å². The van der Waals surface area contributed by atoms with Crippen LogP contribution in [0.25, 0.3) is 0 Å². The minimum absolute atomic E-state index is 0.675. The number of benzene rings is 1. The van der Waals surface area contributed by atoms with Gasteiger partial charge in [0.25, 0.3) is 0 Å². The predicted octanol–water partition coefficient (Wildman–Crippen LogP) is 2.86. The highest BCUT2D eigenvalue weighted by atomic mass is 16.5. The van der Waals surface area contributed by atoms with Crippen molar-refractivity contribution >= 4 is 0 Å². The van der Waals surface area contributed by atoms with Crippen LogP contribution < -0.4 is 4.74 Å². The molecule has 1 aromatic heterocycles. The van der Waals surface area contributed by atoms with E-state index in [0.717, 1.165) is 43.5 Å². The number of nitrogens with zero attached hydrogens (tertiary/aromatic N) is 4. The Kier molecular flexibility index (Phi) is 5.51. The molecular weight excluding hydrogens is 300 g/mol. The molecule has 2 aromatic rings. The summed E-state index contributed by atoms with van der Waals surface area (Å²) in [4.78, 5) is 7.01. The number of ether oxygens (including phenoxy) is 1. The number of rotatable bonds is 6. The number of aromatic nitrogens is 3. The topological polar surface area (TPSA) is 43.2 Å². The van der Waals surface area contributed by atoms with Crippen LogP contribution in [0.2, 0.25) is 0 Å². The first kappa shape index (κ1) is 17.0. The maximum atomic E-state index is 5.22. The van der Waals surface area contributed by atoms with Crippen molar-refractivity contribution < 1.29 is 4.74 Å². The van der Waals surface area contributed by atoms with Gasteiger partial charge in [-0.15, -0.1) is 0 Å². The molecule has 5 heteroatoms. The standard InChI is InChI=1S/C19H28N4O/c1-15-20-16(2)23(21-15)14-18-5-4-11-22(13-18)12-10-17-6-8-19(24-3)9-7-17/h6-9,18H,4-5,10-14H2,1-3H3. The second kappa shape index (κ2) is 7.79. The van der Waals surface area contributed by atoms with E-state index in [4.69, 9.17) is 4.74 Å². The molecule has 0 radical (unpaired) electrons. The van der Waals surface area contributed by atoms with Gasteiger partial charge in [-0.25, -0.2) is 9.67 Å². The molecule has 1 aromatic carbocycles. The van der Waals surface area contributed by atoms with Crippen molar-refractivity contribution in [1.82, 2.24) is 19.7 Å². The van der Waals surface area contributed by atoms with E-state index >= 15 is 0 Å². The molecule has 1 aliphatic heterocycles. The Hall–Kier alpha value is -1.88. The lowest BCUT2D eigenvalue weighted by Gasteiger charge is -2.32. The zero-order valence-corrected chi connectivity index (χ0v) is 15.0. The van der Waals surface area contributed by atoms with Gasteiger partial charge in [-0.05, 0) is 63.3 Å². The van der Waals surface area contributed by atoms with Crippen LogP contribution in [0.4, 0.5) is 0 Å². The van der Waals surface area contributed by atoms with Crippen molar-refractivity contribution in [3.8, 4) is 5.75 Å². The maximum absolute atomic E-state index is 5.22. The van der Waals surface area contributed by atoms with Crippen molar-refractivity contribution in [3.05, 3.63) is 41.5 Å². The molecular formula is C19H28N4O. The second-order valence-corrected chi connectivity index (χ2v) is 6.80. The summed E-state index contributed by atoms with van der Waals surface area (Å²) in [6.45, 7) is 8.50. The molecule has 2 heterocycles. The highest BCUT2D eigenvalue weighted by Gasteiger charge is 2.21. The Morgan fingerprint density at radius 2 is 2.00 bits per heavy atom. The molecule has 0 N–H and O–H groups in total. The second-order valence-electron chi connectivity index (χ2n) is 6.80. The van der Waals surface area contributed by atoms with E-state index in [1.807, 2.05) is 26.0 Å². The van der Waals surface area contributed by atoms with E-state index < -0.39 is 0 Å². The molecule has 24 heavy (non-hydrogen) atoms. The normalized spacial score (nSPS) is 18.7. The molecule has 130 valence electrons. The lowest BCUT2D eigenvalue weighted by molar-refractivity contribution is 0.161. The first-order valence-corrected chi connectivity index (χ1v) is 8.87. The number of hydrogen-bond donors (Lipinski definition) is 0. The highest BCUT2D eigenvalue weighted by molar-refractivity contribution is 5.27. The Balaban J connectivity index is 1.50. The van der Waals surface area contributed by atoms with Gasteiger partial charge in [-0.1, -0.05) is 12.1 Å². The molecule has 1 atom stereocenters. The number of hydrogen-bond acceptors (Lipinski definition) is 4. The van der Waals surface area contributed by atoms with Gasteiger partial charge in [0.15, 0.2) is 0 Å². The van der Waals surface area contributed by atoms with Crippen molar-refractivity contribution in [2.45, 2.75) is 39.7 Å². The Bertz CT molecular complexity index is 650. The molecule has 3 rings (SSSR count). The average Bonchev–Trinajstić information content (AvgIpc) is 2.91. The summed E-state index contributed by atoms with van der Waals surface area (Å²) in [7, 11) is 1.71. The quantitative estimate of drug-likeness (QED) is 0.818. The third-order valence-corrected chi connectivity index (χ3v) is 4.87. The molecule has 1 saturated heterocycles. The van der Waals surface area contributed by atoms with Crippen LogP contribution in [-0.2, 0) is 13.0 Å². The number of methoxy groups -OCH3 is 1. The molecule has 1 aliphatic rings. The van der Waals surface area contributed by atoms with Crippen LogP contribution in [0.5, 0.6) is 5.75 Å². The minimum Gasteiger partial charge on any atom is -0.497 e. The van der Waals surface area contributed by atoms with Gasteiger partial charge in [0, 0.05) is 19.6 Å². The van der Waals surface area contributed by atoms with Crippen LogP contribution in [0, 0.1) is 19.8 Å². The summed E-state index contributed by atoms with van der Waals surface area (Å²) < 4.78 is 7.30. The first-order chi connectivity index (χ1) is 11.6. The highest BCUT2D eigenvalue weighted by Crippen LogP contribution is 2.19. The molecule has 0 saturated carbocycles. The van der Waals surface area contributed by atoms with Gasteiger partial charge in [-0.2, -0.15) is 5.10 Å². The van der Waals surface area contributed by atoms with Gasteiger partial charge >= 0.3 is 0 Å². The van der Waals surface area contributed by atoms with E-state index in [9.17, 15) is 0 Å². The zero-order chi connectivity index (χ0) is 16.9. The Labute approximate surface area is 144 Å². The van der Waals surface area contributed by atoms with E-state index in [-0.39, 0.29) is 0 Å². The largest absolute Gasteiger partial charge is 0.497 e. The lowest BCUT2D eigenvalue weighted by atomic mass is 9.97. The molecule has 0 aliphatic carbocycles. The molecule has 0 amide bonds. The molecule has 0 bridgehead atoms. The fourth-order valence-corrected chi connectivity index (χ4v) is 3.56. The summed E-state index contributed by atoms with van der Waals surface area (Å²) in [5, 5.41) is 4.51. The third-order valence-electron chi connectivity index (χ3n) is 4.87. The van der Waals surface area contributed by atoms with Gasteiger partial charge in [0.2, 0.25) is 0 Å². The SMILES string of the molecule is COc1ccc(CCN2CCCC(Cn3nc(C)nc3C)C2)cc1. The summed E-state index contributed by atoms with van der Waals surface area (Å²) in [6.07, 6.45) is 3.66. The Morgan fingerprint density at radius 1 is 1.21 bits per heavy atom. The van der Waals surface area contributed by atoms with E-state index in [0.29, 0.717) is 5.92 Å². The third kappa shape index (κ3) is 4.35. The van der Waals surface area contributed by atoms with E-state index in [1.165, 1.54) is 24.9 Å². The van der Waals surface area contributed by atoms with Crippen molar-refractivity contribution in [2.75, 3.05) is 26.7 Å². The fourth-order valence-electron chi connectivity index (χ4n) is 3.56. The summed E-state index contributed by atoms with van der Waals surface area (Å²) >= 11 is 0. The predicted molar refractivity (Wildman–Crippen MR) is 95.4 cm³/mol. The van der Waals surface area contributed by atoms with Crippen molar-refractivity contribution in [2.24, 2.45) is 5.92 Å². The van der Waals surface area contributed by atoms with E-state index in [2.05, 4.69) is 31.8 Å². The minimum atomic E-state index is 0.675. The number of piperidine rings is 1. The van der Waals surface area contributed by atoms with Crippen LogP contribution in [0.1, 0.15) is 30.1 Å². The van der Waals surface area contributed by atoms with Gasteiger partial charge in [0.05, 0.1) is 7.11 Å². The Morgan fingerprint density at radius 3 is 2.67 bits per heavy atom. The smallest absolute Gasteiger partial charge is 0.147 e. The number of aryl methyl sites for hydroxylation is 2. The molecule has 1 unspecified atom stereocenters. The average molecular weight is 328 g/mol. The lowest BCUT2D eigenvalue weighted by Crippen LogP contribution is -2.38. The monoisotopic (exact) mass is 328 g/mol. The number of likely N-dealkylation sites (tertiary alicyclic amines) is 1. The van der Waals surface area contributed by atoms with Crippen molar-refractivity contribution in [3.63, 3.8) is 0 Å². The molecule has 5 nitrogen and oxygen atoms in total. The van der Waals surface area contributed by atoms with Gasteiger partial charge < -0.3 is 9.64 Å². The van der Waals surface area contributed by atoms with E-state index in [1.54, 1.807) is 7.11 Å². The van der Waals surface area contributed by atoms with Crippen LogP contribution in [-0.4, -0.2) is 46.4 Å². The molecule has 1 fully saturated rings. The van der Waals surface area contributed by atoms with Gasteiger partial charge in [0.1, 0.15) is 17.4 Å². The first-order valence-electron chi connectivity index (χ1n) is 8.87. The van der Waals surface area contributed by atoms with Crippen LogP contribution >= 0.6 is 0 Å². The summed E-state index contributed by atoms with van der Waals surface area (Å²) in [6, 6.07) is 8.43. The van der Waals surface area contributed by atoms with Crippen LogP contribution in [0.3, 0.4) is 0 Å². The van der Waals surface area contributed by atoms with Gasteiger partial charge in [-0.3, -0.25) is 0 Å². The summed E-state index contributed by atoms with van der Waals surface area (Å²) in [5.74, 6) is 3.51. The molecule has 0 spiro atoms. The summed E-state index contributed by atoms with van der Waals surface area (Å²) in [5.41, 5.74) is 1.38.